The lowest BCUT2D eigenvalue weighted by Gasteiger charge is -2.47. The smallest absolute Gasteiger partial charge is 0.453 e. The van der Waals surface area contributed by atoms with Crippen molar-refractivity contribution in [2.75, 3.05) is 20.3 Å². The molecule has 0 radical (unpaired) electrons. The van der Waals surface area contributed by atoms with E-state index in [0.29, 0.717) is 41.1 Å². The third-order valence-electron chi connectivity index (χ3n) is 6.71. The average Bonchev–Trinajstić information content (AvgIpc) is 3.56. The van der Waals surface area contributed by atoms with Gasteiger partial charge in [-0.05, 0) is 67.8 Å². The minimum atomic E-state index is -4.78. The number of aromatic nitrogens is 5. The maximum Gasteiger partial charge on any atom is 0.453 e. The van der Waals surface area contributed by atoms with Gasteiger partial charge in [0.2, 0.25) is 0 Å². The molecule has 1 amide bonds. The Morgan fingerprint density at radius 2 is 1.88 bits per heavy atom. The van der Waals surface area contributed by atoms with E-state index in [1.54, 1.807) is 4.90 Å². The second-order valence-electron chi connectivity index (χ2n) is 10.6. The number of pyridine rings is 1. The quantitative estimate of drug-likeness (QED) is 0.440. The van der Waals surface area contributed by atoms with Gasteiger partial charge >= 0.3 is 12.3 Å². The van der Waals surface area contributed by atoms with Crippen molar-refractivity contribution in [3.63, 3.8) is 0 Å². The van der Waals surface area contributed by atoms with Crippen LogP contribution in [0.3, 0.4) is 0 Å². The lowest BCUT2D eigenvalue weighted by atomic mass is 9.80. The number of piperidine rings is 1. The number of likely N-dealkylation sites (tertiary alicyclic amines) is 1. The molecular weight excluding hydrogens is 529 g/mol. The number of rotatable bonds is 4. The summed E-state index contributed by atoms with van der Waals surface area (Å²) in [6.45, 7) is 6.00. The van der Waals surface area contributed by atoms with Crippen molar-refractivity contribution < 1.29 is 32.2 Å². The lowest BCUT2D eigenvalue weighted by molar-refractivity contribution is -0.146. The fraction of sp³-hybridized carbons (Fsp3) is 0.444. The third kappa shape index (κ3) is 5.25. The summed E-state index contributed by atoms with van der Waals surface area (Å²) < 4.78 is 58.7. The number of nitrogens with zero attached hydrogens (tertiary/aromatic N) is 6. The summed E-state index contributed by atoms with van der Waals surface area (Å²) in [4.78, 5) is 19.5. The van der Waals surface area contributed by atoms with Gasteiger partial charge in [-0.3, -0.25) is 4.90 Å². The number of halogens is 3. The van der Waals surface area contributed by atoms with E-state index in [1.807, 2.05) is 57.2 Å². The van der Waals surface area contributed by atoms with E-state index < -0.39 is 35.3 Å². The molecule has 2 aromatic heterocycles. The molecule has 4 heterocycles. The normalized spacial score (nSPS) is 21.4. The number of benzene rings is 1. The van der Waals surface area contributed by atoms with Gasteiger partial charge in [0.25, 0.3) is 5.82 Å². The van der Waals surface area contributed by atoms with Crippen molar-refractivity contribution in [3.8, 4) is 11.6 Å². The van der Waals surface area contributed by atoms with Crippen LogP contribution in [0.4, 0.5) is 18.0 Å². The number of ether oxygens (including phenoxy) is 3. The van der Waals surface area contributed by atoms with Crippen molar-refractivity contribution in [1.29, 1.82) is 0 Å². The summed E-state index contributed by atoms with van der Waals surface area (Å²) in [5.74, 6) is -1.09. The van der Waals surface area contributed by atoms with E-state index in [0.717, 1.165) is 5.56 Å². The van der Waals surface area contributed by atoms with Crippen LogP contribution in [-0.4, -0.2) is 67.6 Å². The van der Waals surface area contributed by atoms with Crippen LogP contribution in [-0.2, 0) is 15.7 Å². The van der Waals surface area contributed by atoms with Gasteiger partial charge in [-0.25, -0.2) is 9.78 Å². The fourth-order valence-corrected chi connectivity index (χ4v) is 5.17. The maximum atomic E-state index is 13.5. The zero-order valence-electron chi connectivity index (χ0n) is 22.5. The SMILES string of the molecule is COc1ccc(-n2nnnc2C(F)(F)F)nc1C1=C[C@@]2(CCCN(C(=O)OC(C)(C)C)[C@H]2c2ccccc2)OC1. The van der Waals surface area contributed by atoms with Crippen LogP contribution in [0.2, 0.25) is 0 Å². The first-order chi connectivity index (χ1) is 18.9. The molecule has 13 heteroatoms. The van der Waals surface area contributed by atoms with Crippen LogP contribution >= 0.6 is 0 Å². The topological polar surface area (TPSA) is 104 Å². The molecule has 1 aromatic carbocycles. The third-order valence-corrected chi connectivity index (χ3v) is 6.71. The maximum absolute atomic E-state index is 13.5. The van der Waals surface area contributed by atoms with Gasteiger partial charge in [0, 0.05) is 12.1 Å². The molecule has 40 heavy (non-hydrogen) atoms. The van der Waals surface area contributed by atoms with Gasteiger partial charge in [-0.2, -0.15) is 17.9 Å². The zero-order chi connectivity index (χ0) is 28.7. The minimum Gasteiger partial charge on any atom is -0.494 e. The largest absolute Gasteiger partial charge is 0.494 e. The Bertz CT molecular complexity index is 1420. The van der Waals surface area contributed by atoms with E-state index in [4.69, 9.17) is 14.2 Å². The number of methoxy groups -OCH3 is 1. The number of hydrogen-bond acceptors (Lipinski definition) is 8. The summed E-state index contributed by atoms with van der Waals surface area (Å²) in [6.07, 6.45) is -2.08. The van der Waals surface area contributed by atoms with Gasteiger partial charge in [-0.1, -0.05) is 30.3 Å². The van der Waals surface area contributed by atoms with Crippen molar-refractivity contribution in [2.24, 2.45) is 0 Å². The number of hydrogen-bond donors (Lipinski definition) is 0. The number of alkyl halides is 3. The van der Waals surface area contributed by atoms with Crippen molar-refractivity contribution in [1.82, 2.24) is 30.1 Å². The Balaban J connectivity index is 1.59. The molecule has 2 aliphatic heterocycles. The zero-order valence-corrected chi connectivity index (χ0v) is 22.5. The monoisotopic (exact) mass is 558 g/mol. The van der Waals surface area contributed by atoms with Gasteiger partial charge in [0.1, 0.15) is 22.6 Å². The standard InChI is InChI=1S/C27H29F3N6O4/c1-25(2,3)40-24(37)35-14-8-13-26(22(35)17-9-6-5-7-10-17)15-18(16-39-26)21-19(38-4)11-12-20(31-21)36-23(27(28,29)30)32-33-34-36/h5-7,9-12,15,22H,8,13-14,16H2,1-4H3/t22-,26+/m0/s1. The molecule has 1 spiro atoms. The summed E-state index contributed by atoms with van der Waals surface area (Å²) in [7, 11) is 1.45. The summed E-state index contributed by atoms with van der Waals surface area (Å²) in [6, 6.07) is 11.9. The van der Waals surface area contributed by atoms with E-state index in [1.165, 1.54) is 19.2 Å². The van der Waals surface area contributed by atoms with Gasteiger partial charge in [0.15, 0.2) is 5.82 Å². The second-order valence-corrected chi connectivity index (χ2v) is 10.6. The molecule has 10 nitrogen and oxygen atoms in total. The molecule has 0 saturated carbocycles. The van der Waals surface area contributed by atoms with Gasteiger partial charge < -0.3 is 14.2 Å². The van der Waals surface area contributed by atoms with Crippen LogP contribution in [0.25, 0.3) is 11.4 Å². The molecule has 0 N–H and O–H groups in total. The van der Waals surface area contributed by atoms with Crippen LogP contribution < -0.4 is 4.74 Å². The Hall–Kier alpha value is -4.00. The highest BCUT2D eigenvalue weighted by atomic mass is 19.4. The Labute approximate surface area is 228 Å². The molecule has 1 saturated heterocycles. The lowest BCUT2D eigenvalue weighted by Crippen LogP contribution is -2.53. The molecule has 0 bridgehead atoms. The molecule has 2 aliphatic rings. The number of carbonyl (C=O) groups excluding carboxylic acids is 1. The van der Waals surface area contributed by atoms with Crippen LogP contribution in [0.5, 0.6) is 5.75 Å². The fourth-order valence-electron chi connectivity index (χ4n) is 5.17. The highest BCUT2D eigenvalue weighted by Gasteiger charge is 2.50. The Morgan fingerprint density at radius 1 is 1.12 bits per heavy atom. The molecule has 0 unspecified atom stereocenters. The Morgan fingerprint density at radius 3 is 2.55 bits per heavy atom. The van der Waals surface area contributed by atoms with Crippen LogP contribution in [0.15, 0.2) is 48.5 Å². The van der Waals surface area contributed by atoms with Crippen LogP contribution in [0.1, 0.15) is 56.7 Å². The van der Waals surface area contributed by atoms with Crippen molar-refractivity contribution in [2.45, 2.75) is 57.0 Å². The van der Waals surface area contributed by atoms with Crippen LogP contribution in [0, 0.1) is 0 Å². The van der Waals surface area contributed by atoms with E-state index in [-0.39, 0.29) is 12.4 Å². The molecule has 212 valence electrons. The number of tetrazole rings is 1. The molecular formula is C27H29F3N6O4. The summed E-state index contributed by atoms with van der Waals surface area (Å²) in [5, 5.41) is 9.79. The van der Waals surface area contributed by atoms with Crippen molar-refractivity contribution in [3.05, 3.63) is 65.6 Å². The minimum absolute atomic E-state index is 0.0973. The Kier molecular flexibility index (Phi) is 7.02. The van der Waals surface area contributed by atoms with E-state index in [2.05, 4.69) is 20.5 Å². The molecule has 0 aliphatic carbocycles. The van der Waals surface area contributed by atoms with Crippen molar-refractivity contribution >= 4 is 11.7 Å². The average molecular weight is 559 g/mol. The highest BCUT2D eigenvalue weighted by Crippen LogP contribution is 2.48. The molecule has 3 aromatic rings. The first-order valence-electron chi connectivity index (χ1n) is 12.7. The number of amides is 1. The van der Waals surface area contributed by atoms with E-state index >= 15 is 0 Å². The number of carbonyl (C=O) groups is 1. The summed E-state index contributed by atoms with van der Waals surface area (Å²) in [5.41, 5.74) is 0.140. The highest BCUT2D eigenvalue weighted by molar-refractivity contribution is 5.74. The molecule has 2 atom stereocenters. The first-order valence-corrected chi connectivity index (χ1v) is 12.7. The van der Waals surface area contributed by atoms with Gasteiger partial charge in [0.05, 0.1) is 19.8 Å². The molecule has 1 fully saturated rings. The second kappa shape index (κ2) is 10.2. The van der Waals surface area contributed by atoms with Gasteiger partial charge in [-0.15, -0.1) is 5.10 Å². The first kappa shape index (κ1) is 27.6. The summed E-state index contributed by atoms with van der Waals surface area (Å²) >= 11 is 0. The predicted molar refractivity (Wildman–Crippen MR) is 137 cm³/mol. The predicted octanol–water partition coefficient (Wildman–Crippen LogP) is 5.01. The van der Waals surface area contributed by atoms with E-state index in [9.17, 15) is 18.0 Å². The molecule has 5 rings (SSSR count).